The summed E-state index contributed by atoms with van der Waals surface area (Å²) in [6.45, 7) is 1.80. The fourth-order valence-corrected chi connectivity index (χ4v) is 3.27. The molecule has 0 aliphatic heterocycles. The number of hydrogen-bond donors (Lipinski definition) is 2. The van der Waals surface area contributed by atoms with Gasteiger partial charge in [0.2, 0.25) is 0 Å². The van der Waals surface area contributed by atoms with Crippen molar-refractivity contribution in [2.75, 3.05) is 7.11 Å². The summed E-state index contributed by atoms with van der Waals surface area (Å²) in [5.41, 5.74) is -0.620. The number of esters is 1. The third kappa shape index (κ3) is 3.24. The molecule has 27 heavy (non-hydrogen) atoms. The largest absolute Gasteiger partial charge is 0.506 e. The first-order valence-corrected chi connectivity index (χ1v) is 8.70. The average Bonchev–Trinajstić information content (AvgIpc) is 2.72. The van der Waals surface area contributed by atoms with E-state index in [0.717, 1.165) is 5.39 Å². The highest BCUT2D eigenvalue weighted by atomic mass is 16.5. The van der Waals surface area contributed by atoms with E-state index in [1.165, 1.54) is 7.11 Å². The smallest absolute Gasteiger partial charge is 0.336 e. The number of carbonyl (C=O) groups is 2. The van der Waals surface area contributed by atoms with E-state index in [4.69, 9.17) is 4.74 Å². The van der Waals surface area contributed by atoms with Gasteiger partial charge in [0.15, 0.2) is 5.54 Å². The molecule has 0 aromatic heterocycles. The van der Waals surface area contributed by atoms with Crippen molar-refractivity contribution in [3.05, 3.63) is 77.9 Å². The molecule has 0 aliphatic carbocycles. The van der Waals surface area contributed by atoms with E-state index in [2.05, 4.69) is 5.32 Å². The number of aromatic hydroxyl groups is 1. The fourth-order valence-electron chi connectivity index (χ4n) is 3.27. The van der Waals surface area contributed by atoms with Gasteiger partial charge in [-0.2, -0.15) is 0 Å². The summed E-state index contributed by atoms with van der Waals surface area (Å²) in [6, 6.07) is 19.5. The summed E-state index contributed by atoms with van der Waals surface area (Å²) < 4.78 is 4.98. The van der Waals surface area contributed by atoms with Gasteiger partial charge in [0.1, 0.15) is 5.75 Å². The minimum atomic E-state index is -1.34. The molecule has 1 unspecified atom stereocenters. The van der Waals surface area contributed by atoms with Crippen LogP contribution in [0.3, 0.4) is 0 Å². The Morgan fingerprint density at radius 3 is 2.33 bits per heavy atom. The molecule has 2 N–H and O–H groups in total. The van der Waals surface area contributed by atoms with Crippen molar-refractivity contribution in [2.24, 2.45) is 0 Å². The van der Waals surface area contributed by atoms with Gasteiger partial charge in [-0.25, -0.2) is 4.79 Å². The maximum Gasteiger partial charge on any atom is 0.336 e. The molecular weight excluding hydrogens is 342 g/mol. The maximum atomic E-state index is 13.0. The third-order valence-corrected chi connectivity index (χ3v) is 4.80. The number of methoxy groups -OCH3 is 1. The molecule has 0 radical (unpaired) electrons. The molecule has 138 valence electrons. The number of ether oxygens (including phenoxy) is 1. The highest BCUT2D eigenvalue weighted by molar-refractivity contribution is 6.05. The second kappa shape index (κ2) is 7.50. The van der Waals surface area contributed by atoms with Crippen molar-refractivity contribution in [1.82, 2.24) is 5.32 Å². The maximum absolute atomic E-state index is 13.0. The topological polar surface area (TPSA) is 75.6 Å². The number of hydrogen-bond acceptors (Lipinski definition) is 4. The Morgan fingerprint density at radius 1 is 1.00 bits per heavy atom. The van der Waals surface area contributed by atoms with Gasteiger partial charge < -0.3 is 15.2 Å². The van der Waals surface area contributed by atoms with E-state index in [-0.39, 0.29) is 11.3 Å². The van der Waals surface area contributed by atoms with Crippen LogP contribution in [0.5, 0.6) is 5.75 Å². The van der Waals surface area contributed by atoms with Crippen molar-refractivity contribution < 1.29 is 19.4 Å². The first kappa shape index (κ1) is 18.5. The number of benzene rings is 3. The second-order valence-electron chi connectivity index (χ2n) is 6.25. The van der Waals surface area contributed by atoms with E-state index in [1.54, 1.807) is 55.5 Å². The SMILES string of the molecule is CCC(NC(=O)c1ccc2ccccc2c1O)(C(=O)OC)c1ccccc1. The molecule has 0 fully saturated rings. The number of nitrogens with one attached hydrogen (secondary N) is 1. The average molecular weight is 363 g/mol. The zero-order valence-electron chi connectivity index (χ0n) is 15.2. The Morgan fingerprint density at radius 2 is 1.67 bits per heavy atom. The Kier molecular flexibility index (Phi) is 5.12. The van der Waals surface area contributed by atoms with Crippen molar-refractivity contribution in [3.63, 3.8) is 0 Å². The molecule has 1 amide bonds. The van der Waals surface area contributed by atoms with Crippen LogP contribution in [-0.2, 0) is 15.1 Å². The zero-order valence-corrected chi connectivity index (χ0v) is 15.2. The monoisotopic (exact) mass is 363 g/mol. The van der Waals surface area contributed by atoms with Crippen molar-refractivity contribution in [2.45, 2.75) is 18.9 Å². The van der Waals surface area contributed by atoms with Gasteiger partial charge >= 0.3 is 5.97 Å². The number of fused-ring (bicyclic) bond motifs is 1. The summed E-state index contributed by atoms with van der Waals surface area (Å²) in [5.74, 6) is -1.23. The molecule has 5 heteroatoms. The Balaban J connectivity index is 2.05. The number of rotatable bonds is 5. The Bertz CT molecular complexity index is 984. The van der Waals surface area contributed by atoms with Crippen molar-refractivity contribution in [1.29, 1.82) is 0 Å². The number of amides is 1. The van der Waals surface area contributed by atoms with Crippen LogP contribution < -0.4 is 5.32 Å². The second-order valence-corrected chi connectivity index (χ2v) is 6.25. The van der Waals surface area contributed by atoms with Crippen LogP contribution in [0.4, 0.5) is 0 Å². The normalized spacial score (nSPS) is 13.0. The number of carbonyl (C=O) groups excluding carboxylic acids is 2. The van der Waals surface area contributed by atoms with Gasteiger partial charge in [-0.3, -0.25) is 4.79 Å². The summed E-state index contributed by atoms with van der Waals surface area (Å²) in [4.78, 5) is 25.6. The molecule has 3 aromatic rings. The molecule has 3 aromatic carbocycles. The zero-order chi connectivity index (χ0) is 19.4. The molecular formula is C22H21NO4. The summed E-state index contributed by atoms with van der Waals surface area (Å²) >= 11 is 0. The van der Waals surface area contributed by atoms with Crippen LogP contribution in [0.1, 0.15) is 29.3 Å². The summed E-state index contributed by atoms with van der Waals surface area (Å²) in [7, 11) is 1.29. The van der Waals surface area contributed by atoms with Crippen LogP contribution in [0.15, 0.2) is 66.7 Å². The Labute approximate surface area is 157 Å². The lowest BCUT2D eigenvalue weighted by molar-refractivity contribution is -0.149. The van der Waals surface area contributed by atoms with E-state index >= 15 is 0 Å². The van der Waals surface area contributed by atoms with Crippen LogP contribution in [0.25, 0.3) is 10.8 Å². The quantitative estimate of drug-likeness (QED) is 0.677. The summed E-state index contributed by atoms with van der Waals surface area (Å²) in [5, 5.41) is 14.8. The summed E-state index contributed by atoms with van der Waals surface area (Å²) in [6.07, 6.45) is 0.295. The molecule has 0 heterocycles. The van der Waals surface area contributed by atoms with E-state index < -0.39 is 17.4 Å². The minimum Gasteiger partial charge on any atom is -0.506 e. The highest BCUT2D eigenvalue weighted by Gasteiger charge is 2.41. The molecule has 3 rings (SSSR count). The minimum absolute atomic E-state index is 0.103. The van der Waals surface area contributed by atoms with E-state index in [0.29, 0.717) is 17.4 Å². The van der Waals surface area contributed by atoms with E-state index in [1.807, 2.05) is 18.2 Å². The van der Waals surface area contributed by atoms with Crippen LogP contribution in [-0.4, -0.2) is 24.1 Å². The lowest BCUT2D eigenvalue weighted by Gasteiger charge is -2.31. The molecule has 0 aliphatic rings. The molecule has 0 saturated heterocycles. The van der Waals surface area contributed by atoms with Crippen LogP contribution in [0, 0.1) is 0 Å². The third-order valence-electron chi connectivity index (χ3n) is 4.80. The molecule has 0 saturated carbocycles. The predicted octanol–water partition coefficient (Wildman–Crippen LogP) is 3.75. The van der Waals surface area contributed by atoms with Gasteiger partial charge in [0.05, 0.1) is 12.7 Å². The molecule has 0 spiro atoms. The van der Waals surface area contributed by atoms with Gasteiger partial charge in [0.25, 0.3) is 5.91 Å². The van der Waals surface area contributed by atoms with Gasteiger partial charge in [-0.1, -0.05) is 67.6 Å². The molecule has 1 atom stereocenters. The molecule has 5 nitrogen and oxygen atoms in total. The molecule has 0 bridgehead atoms. The van der Waals surface area contributed by atoms with Gasteiger partial charge in [-0.15, -0.1) is 0 Å². The van der Waals surface area contributed by atoms with Gasteiger partial charge in [0, 0.05) is 5.39 Å². The van der Waals surface area contributed by atoms with Crippen LogP contribution >= 0.6 is 0 Å². The number of phenolic OH excluding ortho intramolecular Hbond substituents is 1. The lowest BCUT2D eigenvalue weighted by atomic mass is 9.86. The highest BCUT2D eigenvalue weighted by Crippen LogP contribution is 2.31. The first-order valence-electron chi connectivity index (χ1n) is 8.70. The fraction of sp³-hybridized carbons (Fsp3) is 0.182. The van der Waals surface area contributed by atoms with E-state index in [9.17, 15) is 14.7 Å². The predicted molar refractivity (Wildman–Crippen MR) is 104 cm³/mol. The standard InChI is InChI=1S/C22H21NO4/c1-3-22(21(26)27-2,16-10-5-4-6-11-16)23-20(25)18-14-13-15-9-7-8-12-17(15)19(18)24/h4-14,24H,3H2,1-2H3,(H,23,25). The number of phenols is 1. The lowest BCUT2D eigenvalue weighted by Crippen LogP contribution is -2.52. The van der Waals surface area contributed by atoms with Crippen molar-refractivity contribution >= 4 is 22.6 Å². The van der Waals surface area contributed by atoms with Crippen LogP contribution in [0.2, 0.25) is 0 Å². The van der Waals surface area contributed by atoms with Crippen molar-refractivity contribution in [3.8, 4) is 5.75 Å². The Hall–Kier alpha value is -3.34. The first-order chi connectivity index (χ1) is 13.0. The van der Waals surface area contributed by atoms with Gasteiger partial charge in [-0.05, 0) is 23.4 Å².